The zero-order chi connectivity index (χ0) is 20.7. The topological polar surface area (TPSA) is 71.0 Å². The maximum Gasteiger partial charge on any atom is 0.416 e. The number of hydrogen-bond acceptors (Lipinski definition) is 4. The molecular weight excluding hydrogens is 375 g/mol. The van der Waals surface area contributed by atoms with Gasteiger partial charge >= 0.3 is 12.3 Å². The van der Waals surface area contributed by atoms with E-state index in [1.165, 1.54) is 17.0 Å². The summed E-state index contributed by atoms with van der Waals surface area (Å²) in [5.41, 5.74) is -2.29. The van der Waals surface area contributed by atoms with Crippen LogP contribution >= 0.6 is 0 Å². The van der Waals surface area contributed by atoms with Crippen molar-refractivity contribution in [3.05, 3.63) is 35.4 Å². The molecule has 0 saturated carbocycles. The zero-order valence-corrected chi connectivity index (χ0v) is 15.9. The Morgan fingerprint density at radius 1 is 1.21 bits per heavy atom. The molecule has 1 saturated heterocycles. The molecule has 2 heterocycles. The fraction of sp³-hybridized carbons (Fsp3) is 0.526. The van der Waals surface area contributed by atoms with E-state index in [0.717, 1.165) is 12.1 Å². The Morgan fingerprint density at radius 3 is 2.43 bits per heavy atom. The minimum absolute atomic E-state index is 0.127. The second kappa shape index (κ2) is 6.79. The minimum Gasteiger partial charge on any atom is -0.444 e. The number of likely N-dealkylation sites (tertiary alicyclic amines) is 1. The van der Waals surface area contributed by atoms with Gasteiger partial charge in [0.05, 0.1) is 5.56 Å². The summed E-state index contributed by atoms with van der Waals surface area (Å²) in [6, 6.07) is 4.69. The monoisotopic (exact) mass is 397 g/mol. The van der Waals surface area contributed by atoms with Crippen molar-refractivity contribution in [3.8, 4) is 0 Å². The lowest BCUT2D eigenvalue weighted by atomic mass is 9.88. The van der Waals surface area contributed by atoms with Gasteiger partial charge in [-0.25, -0.2) is 4.79 Å². The second-order valence-electron chi connectivity index (χ2n) is 7.99. The average Bonchev–Trinajstić information content (AvgIpc) is 2.90. The third kappa shape index (κ3) is 4.13. The van der Waals surface area contributed by atoms with Crippen LogP contribution in [0.2, 0.25) is 0 Å². The fourth-order valence-corrected chi connectivity index (χ4v) is 3.22. The van der Waals surface area contributed by atoms with E-state index in [-0.39, 0.29) is 43.2 Å². The highest BCUT2D eigenvalue weighted by Gasteiger charge is 2.47. The molecule has 0 aliphatic carbocycles. The molecule has 1 fully saturated rings. The third-order valence-electron chi connectivity index (χ3n) is 4.69. The van der Waals surface area contributed by atoms with Crippen LogP contribution in [0.4, 0.5) is 18.0 Å². The van der Waals surface area contributed by atoms with Gasteiger partial charge in [-0.05, 0) is 45.7 Å². The van der Waals surface area contributed by atoms with E-state index in [1.54, 1.807) is 20.8 Å². The third-order valence-corrected chi connectivity index (χ3v) is 4.69. The highest BCUT2D eigenvalue weighted by atomic mass is 19.4. The Labute approximate surface area is 160 Å². The number of ether oxygens (including phenoxy) is 1. The van der Waals surface area contributed by atoms with Gasteiger partial charge < -0.3 is 15.0 Å². The molecule has 3 rings (SSSR count). The number of hydrogen-bond donors (Lipinski definition) is 1. The molecule has 1 spiro atoms. The Morgan fingerprint density at radius 2 is 1.86 bits per heavy atom. The van der Waals surface area contributed by atoms with Gasteiger partial charge in [0.2, 0.25) is 0 Å². The van der Waals surface area contributed by atoms with Crippen LogP contribution in [0.3, 0.4) is 0 Å². The van der Waals surface area contributed by atoms with Crippen LogP contribution in [0.15, 0.2) is 29.3 Å². The van der Waals surface area contributed by atoms with Crippen molar-refractivity contribution in [2.45, 2.75) is 50.9 Å². The number of rotatable bonds is 1. The van der Waals surface area contributed by atoms with Crippen molar-refractivity contribution in [1.82, 2.24) is 10.2 Å². The maximum atomic E-state index is 12.9. The summed E-state index contributed by atoms with van der Waals surface area (Å²) in [5.74, 6) is -0.231. The lowest BCUT2D eigenvalue weighted by Gasteiger charge is -2.36. The van der Waals surface area contributed by atoms with Gasteiger partial charge in [0.1, 0.15) is 17.0 Å². The summed E-state index contributed by atoms with van der Waals surface area (Å²) in [4.78, 5) is 30.7. The first-order valence-electron chi connectivity index (χ1n) is 8.97. The number of nitrogens with one attached hydrogen (secondary N) is 1. The number of alkyl halides is 3. The van der Waals surface area contributed by atoms with Crippen molar-refractivity contribution >= 4 is 17.8 Å². The number of amides is 2. The van der Waals surface area contributed by atoms with Crippen LogP contribution in [0.1, 0.15) is 44.7 Å². The fourth-order valence-electron chi connectivity index (χ4n) is 3.22. The molecule has 152 valence electrons. The first-order chi connectivity index (χ1) is 12.9. The van der Waals surface area contributed by atoms with E-state index in [2.05, 4.69) is 10.3 Å². The molecular formula is C19H22F3N3O3. The van der Waals surface area contributed by atoms with Crippen molar-refractivity contribution in [2.24, 2.45) is 4.99 Å². The molecule has 2 amide bonds. The van der Waals surface area contributed by atoms with E-state index in [1.807, 2.05) is 0 Å². The molecule has 2 aliphatic rings. The smallest absolute Gasteiger partial charge is 0.416 e. The number of carbonyl (C=O) groups excluding carboxylic acids is 2. The van der Waals surface area contributed by atoms with Crippen LogP contribution in [0.5, 0.6) is 0 Å². The normalized spacial score (nSPS) is 19.4. The number of nitrogens with zero attached hydrogens (tertiary/aromatic N) is 2. The van der Waals surface area contributed by atoms with Crippen LogP contribution in [0, 0.1) is 0 Å². The van der Waals surface area contributed by atoms with Gasteiger partial charge in [-0.2, -0.15) is 13.2 Å². The number of carbonyl (C=O) groups is 2. The van der Waals surface area contributed by atoms with Gasteiger partial charge in [-0.15, -0.1) is 0 Å². The van der Waals surface area contributed by atoms with Crippen LogP contribution in [0.25, 0.3) is 0 Å². The van der Waals surface area contributed by atoms with Gasteiger partial charge in [0.25, 0.3) is 5.91 Å². The van der Waals surface area contributed by atoms with E-state index in [4.69, 9.17) is 4.74 Å². The largest absolute Gasteiger partial charge is 0.444 e. The number of aliphatic imine (C=N–C) groups is 1. The predicted molar refractivity (Wildman–Crippen MR) is 95.9 cm³/mol. The molecule has 0 aromatic heterocycles. The second-order valence-corrected chi connectivity index (χ2v) is 7.99. The summed E-state index contributed by atoms with van der Waals surface area (Å²) in [6.07, 6.45) is -4.38. The van der Waals surface area contributed by atoms with Crippen LogP contribution < -0.4 is 5.32 Å². The van der Waals surface area contributed by atoms with Crippen LogP contribution in [-0.2, 0) is 15.7 Å². The van der Waals surface area contributed by atoms with E-state index in [9.17, 15) is 22.8 Å². The molecule has 2 aliphatic heterocycles. The highest BCUT2D eigenvalue weighted by Crippen LogP contribution is 2.33. The van der Waals surface area contributed by atoms with Crippen molar-refractivity contribution in [2.75, 3.05) is 13.1 Å². The first kappa shape index (κ1) is 20.2. The Bertz CT molecular complexity index is 820. The molecule has 0 radical (unpaired) electrons. The quantitative estimate of drug-likeness (QED) is 0.790. The minimum atomic E-state index is -4.48. The Balaban J connectivity index is 1.75. The van der Waals surface area contributed by atoms with Crippen molar-refractivity contribution < 1.29 is 27.5 Å². The van der Waals surface area contributed by atoms with Crippen LogP contribution in [-0.4, -0.2) is 47.0 Å². The summed E-state index contributed by atoms with van der Waals surface area (Å²) in [5, 5.41) is 2.60. The predicted octanol–water partition coefficient (Wildman–Crippen LogP) is 3.35. The van der Waals surface area contributed by atoms with E-state index < -0.39 is 29.0 Å². The lowest BCUT2D eigenvalue weighted by molar-refractivity contribution is -0.137. The number of benzene rings is 1. The number of amidine groups is 1. The maximum absolute atomic E-state index is 12.9. The standard InChI is InChI=1S/C19H22F3N3O3/c1-17(2,3)28-16(27)25-9-7-18(8-10-25)15(26)23-14(24-18)12-5-4-6-13(11-12)19(20,21)22/h4-6,11H,7-10H2,1-3H3,(H,23,24,26). The van der Waals surface area contributed by atoms with Gasteiger partial charge in [-0.1, -0.05) is 12.1 Å². The van der Waals surface area contributed by atoms with Gasteiger partial charge in [0.15, 0.2) is 0 Å². The Kier molecular flexibility index (Phi) is 4.89. The zero-order valence-electron chi connectivity index (χ0n) is 15.9. The van der Waals surface area contributed by atoms with Crippen molar-refractivity contribution in [1.29, 1.82) is 0 Å². The molecule has 6 nitrogen and oxygen atoms in total. The number of piperidine rings is 1. The van der Waals surface area contributed by atoms with Crippen molar-refractivity contribution in [3.63, 3.8) is 0 Å². The van der Waals surface area contributed by atoms with E-state index >= 15 is 0 Å². The van der Waals surface area contributed by atoms with Gasteiger partial charge in [0, 0.05) is 18.7 Å². The lowest BCUT2D eigenvalue weighted by Crippen LogP contribution is -2.51. The summed E-state index contributed by atoms with van der Waals surface area (Å²) < 4.78 is 44.2. The van der Waals surface area contributed by atoms with Gasteiger partial charge in [-0.3, -0.25) is 9.79 Å². The average molecular weight is 397 g/mol. The molecule has 1 N–H and O–H groups in total. The number of halogens is 3. The molecule has 0 bridgehead atoms. The molecule has 9 heteroatoms. The Hall–Kier alpha value is -2.58. The summed E-state index contributed by atoms with van der Waals surface area (Å²) >= 11 is 0. The molecule has 1 aromatic carbocycles. The molecule has 0 unspecified atom stereocenters. The summed E-state index contributed by atoms with van der Waals surface area (Å²) in [7, 11) is 0. The SMILES string of the molecule is CC(C)(C)OC(=O)N1CCC2(CC1)N=C(c1cccc(C(F)(F)F)c1)NC2=O. The molecule has 28 heavy (non-hydrogen) atoms. The molecule has 0 atom stereocenters. The van der Waals surface area contributed by atoms with E-state index in [0.29, 0.717) is 0 Å². The first-order valence-corrected chi connectivity index (χ1v) is 8.97. The molecule has 1 aromatic rings. The highest BCUT2D eigenvalue weighted by molar-refractivity contribution is 6.15. The summed E-state index contributed by atoms with van der Waals surface area (Å²) in [6.45, 7) is 5.87.